The zero-order valence-corrected chi connectivity index (χ0v) is 14.1. The van der Waals surface area contributed by atoms with Crippen molar-refractivity contribution in [2.45, 2.75) is 6.54 Å². The number of hydrogen-bond donors (Lipinski definition) is 2. The Morgan fingerprint density at radius 1 is 1.07 bits per heavy atom. The van der Waals surface area contributed by atoms with Crippen LogP contribution in [0.1, 0.15) is 26.4 Å². The molecule has 0 aliphatic rings. The molecule has 0 radical (unpaired) electrons. The third kappa shape index (κ3) is 4.24. The number of carbonyl (C=O) groups is 2. The van der Waals surface area contributed by atoms with Crippen LogP contribution in [0.15, 0.2) is 65.5 Å². The van der Waals surface area contributed by atoms with Crippen molar-refractivity contribution >= 4 is 17.5 Å². The molecule has 2 aromatic carbocycles. The molecule has 0 aliphatic heterocycles. The van der Waals surface area contributed by atoms with Crippen molar-refractivity contribution in [1.82, 2.24) is 9.78 Å². The van der Waals surface area contributed by atoms with Gasteiger partial charge in [-0.3, -0.25) is 14.4 Å². The molecule has 0 saturated heterocycles. The summed E-state index contributed by atoms with van der Waals surface area (Å²) in [7, 11) is 0. The van der Waals surface area contributed by atoms with Crippen LogP contribution in [0.4, 0.5) is 10.1 Å². The summed E-state index contributed by atoms with van der Waals surface area (Å²) < 4.78 is 14.4. The molecule has 7 nitrogen and oxygen atoms in total. The zero-order valence-electron chi connectivity index (χ0n) is 14.1. The molecule has 0 spiro atoms. The largest absolute Gasteiger partial charge is 0.366 e. The van der Waals surface area contributed by atoms with Gasteiger partial charge in [-0.05, 0) is 35.9 Å². The highest BCUT2D eigenvalue weighted by Crippen LogP contribution is 2.15. The van der Waals surface area contributed by atoms with Gasteiger partial charge in [-0.25, -0.2) is 9.07 Å². The third-order valence-electron chi connectivity index (χ3n) is 3.76. The van der Waals surface area contributed by atoms with E-state index >= 15 is 0 Å². The van der Waals surface area contributed by atoms with Crippen LogP contribution in [0.5, 0.6) is 0 Å². The summed E-state index contributed by atoms with van der Waals surface area (Å²) in [6.07, 6.45) is 0. The monoisotopic (exact) mass is 366 g/mol. The first-order valence-corrected chi connectivity index (χ1v) is 7.97. The van der Waals surface area contributed by atoms with Gasteiger partial charge in [-0.2, -0.15) is 5.10 Å². The van der Waals surface area contributed by atoms with Crippen molar-refractivity contribution in [3.05, 3.63) is 93.7 Å². The van der Waals surface area contributed by atoms with E-state index in [0.29, 0.717) is 5.56 Å². The second-order valence-electron chi connectivity index (χ2n) is 5.71. The predicted molar refractivity (Wildman–Crippen MR) is 96.9 cm³/mol. The van der Waals surface area contributed by atoms with Gasteiger partial charge in [0.15, 0.2) is 0 Å². The van der Waals surface area contributed by atoms with Crippen molar-refractivity contribution < 1.29 is 14.0 Å². The Balaban J connectivity index is 1.86. The molecule has 3 N–H and O–H groups in total. The van der Waals surface area contributed by atoms with Gasteiger partial charge in [-0.15, -0.1) is 0 Å². The van der Waals surface area contributed by atoms with E-state index in [1.165, 1.54) is 42.5 Å². The maximum atomic E-state index is 13.3. The lowest BCUT2D eigenvalue weighted by molar-refractivity contribution is 0.100. The summed E-state index contributed by atoms with van der Waals surface area (Å²) >= 11 is 0. The fraction of sp³-hybridized carbons (Fsp3) is 0.0526. The van der Waals surface area contributed by atoms with Crippen LogP contribution in [-0.4, -0.2) is 21.6 Å². The molecule has 0 atom stereocenters. The lowest BCUT2D eigenvalue weighted by atomic mass is 10.1. The molecular weight excluding hydrogens is 351 g/mol. The second kappa shape index (κ2) is 7.61. The lowest BCUT2D eigenvalue weighted by Crippen LogP contribution is -2.27. The SMILES string of the molecule is NC(=O)c1ccccc1NC(=O)c1ccc(=O)n(Cc2cccc(F)c2)n1. The van der Waals surface area contributed by atoms with Crippen LogP contribution in [-0.2, 0) is 6.54 Å². The first kappa shape index (κ1) is 18.0. The number of anilines is 1. The molecule has 0 saturated carbocycles. The minimum atomic E-state index is -0.685. The van der Waals surface area contributed by atoms with Crippen molar-refractivity contribution in [2.75, 3.05) is 5.32 Å². The number of carbonyl (C=O) groups excluding carboxylic acids is 2. The number of halogens is 1. The third-order valence-corrected chi connectivity index (χ3v) is 3.76. The molecule has 8 heteroatoms. The molecule has 3 aromatic rings. The minimum absolute atomic E-state index is 0.00951. The number of benzene rings is 2. The normalized spacial score (nSPS) is 10.4. The summed E-state index contributed by atoms with van der Waals surface area (Å²) in [6.45, 7) is 0.00951. The minimum Gasteiger partial charge on any atom is -0.366 e. The Morgan fingerprint density at radius 2 is 1.85 bits per heavy atom. The Hall–Kier alpha value is -3.81. The van der Waals surface area contributed by atoms with E-state index in [1.54, 1.807) is 18.2 Å². The van der Waals surface area contributed by atoms with E-state index in [1.807, 2.05) is 0 Å². The fourth-order valence-electron chi connectivity index (χ4n) is 2.48. The molecule has 1 aromatic heterocycles. The summed E-state index contributed by atoms with van der Waals surface area (Å²) in [4.78, 5) is 35.9. The van der Waals surface area contributed by atoms with Gasteiger partial charge in [0.1, 0.15) is 11.5 Å². The van der Waals surface area contributed by atoms with E-state index in [-0.39, 0.29) is 23.5 Å². The van der Waals surface area contributed by atoms with Crippen molar-refractivity contribution in [3.63, 3.8) is 0 Å². The summed E-state index contributed by atoms with van der Waals surface area (Å²) in [5, 5.41) is 6.57. The van der Waals surface area contributed by atoms with Crippen LogP contribution >= 0.6 is 0 Å². The number of amides is 2. The quantitative estimate of drug-likeness (QED) is 0.718. The van der Waals surface area contributed by atoms with Crippen LogP contribution in [0.3, 0.4) is 0 Å². The number of aromatic nitrogens is 2. The zero-order chi connectivity index (χ0) is 19.4. The maximum Gasteiger partial charge on any atom is 0.276 e. The molecular formula is C19H15FN4O3. The Kier molecular flexibility index (Phi) is 5.07. The highest BCUT2D eigenvalue weighted by atomic mass is 19.1. The summed E-state index contributed by atoms with van der Waals surface area (Å²) in [5.74, 6) is -1.73. The number of hydrogen-bond acceptors (Lipinski definition) is 4. The number of primary amides is 1. The second-order valence-corrected chi connectivity index (χ2v) is 5.71. The van der Waals surface area contributed by atoms with Crippen molar-refractivity contribution in [3.8, 4) is 0 Å². The first-order chi connectivity index (χ1) is 12.9. The molecule has 0 aliphatic carbocycles. The van der Waals surface area contributed by atoms with Gasteiger partial charge < -0.3 is 11.1 Å². The van der Waals surface area contributed by atoms with Gasteiger partial charge in [0.05, 0.1) is 17.8 Å². The summed E-state index contributed by atoms with van der Waals surface area (Å²) in [6, 6.07) is 14.5. The van der Waals surface area contributed by atoms with E-state index in [9.17, 15) is 18.8 Å². The standard InChI is InChI=1S/C19H15FN4O3/c20-13-5-3-4-12(10-13)11-24-17(25)9-8-16(23-24)19(27)22-15-7-2-1-6-14(15)18(21)26/h1-10H,11H2,(H2,21,26)(H,22,27). The fourth-order valence-corrected chi connectivity index (χ4v) is 2.48. The molecule has 0 bridgehead atoms. The van der Waals surface area contributed by atoms with Gasteiger partial charge >= 0.3 is 0 Å². The number of nitrogens with one attached hydrogen (secondary N) is 1. The first-order valence-electron chi connectivity index (χ1n) is 7.97. The van der Waals surface area contributed by atoms with Crippen LogP contribution in [0.25, 0.3) is 0 Å². The van der Waals surface area contributed by atoms with Gasteiger partial charge in [0.2, 0.25) is 0 Å². The number of rotatable bonds is 5. The number of para-hydroxylation sites is 1. The smallest absolute Gasteiger partial charge is 0.276 e. The number of nitrogens with two attached hydrogens (primary N) is 1. The summed E-state index contributed by atoms with van der Waals surface area (Å²) in [5.41, 5.74) is 5.73. The Bertz CT molecular complexity index is 1080. The van der Waals surface area contributed by atoms with Crippen LogP contribution in [0, 0.1) is 5.82 Å². The average molecular weight is 366 g/mol. The van der Waals surface area contributed by atoms with Gasteiger partial charge in [0.25, 0.3) is 17.4 Å². The lowest BCUT2D eigenvalue weighted by Gasteiger charge is -2.10. The number of nitrogens with zero attached hydrogens (tertiary/aromatic N) is 2. The van der Waals surface area contributed by atoms with E-state index < -0.39 is 23.2 Å². The van der Waals surface area contributed by atoms with Gasteiger partial charge in [0, 0.05) is 6.07 Å². The maximum absolute atomic E-state index is 13.3. The average Bonchev–Trinajstić information content (AvgIpc) is 2.64. The van der Waals surface area contributed by atoms with Crippen molar-refractivity contribution in [2.24, 2.45) is 5.73 Å². The van der Waals surface area contributed by atoms with E-state index in [0.717, 1.165) is 4.68 Å². The highest BCUT2D eigenvalue weighted by molar-refractivity contribution is 6.07. The molecule has 3 rings (SSSR count). The molecule has 0 unspecified atom stereocenters. The molecule has 136 valence electrons. The predicted octanol–water partition coefficient (Wildman–Crippen LogP) is 1.78. The molecule has 0 fully saturated rings. The highest BCUT2D eigenvalue weighted by Gasteiger charge is 2.14. The molecule has 27 heavy (non-hydrogen) atoms. The Labute approximate surface area is 153 Å². The Morgan fingerprint density at radius 3 is 2.59 bits per heavy atom. The molecule has 1 heterocycles. The van der Waals surface area contributed by atoms with Crippen molar-refractivity contribution in [1.29, 1.82) is 0 Å². The van der Waals surface area contributed by atoms with E-state index in [4.69, 9.17) is 5.73 Å². The van der Waals surface area contributed by atoms with Crippen LogP contribution in [0.2, 0.25) is 0 Å². The van der Waals surface area contributed by atoms with Crippen LogP contribution < -0.4 is 16.6 Å². The topological polar surface area (TPSA) is 107 Å². The van der Waals surface area contributed by atoms with E-state index in [2.05, 4.69) is 10.4 Å². The molecule has 2 amide bonds. The van der Waals surface area contributed by atoms with Gasteiger partial charge in [-0.1, -0.05) is 24.3 Å².